The van der Waals surface area contributed by atoms with Gasteiger partial charge in [-0.15, -0.1) is 25.5 Å². The highest BCUT2D eigenvalue weighted by Gasteiger charge is 2.12. The highest BCUT2D eigenvalue weighted by Crippen LogP contribution is 2.12. The Labute approximate surface area is 106 Å². The van der Waals surface area contributed by atoms with Crippen molar-refractivity contribution in [2.24, 2.45) is 0 Å². The summed E-state index contributed by atoms with van der Waals surface area (Å²) in [5, 5.41) is 25.2. The molecule has 0 aliphatic rings. The van der Waals surface area contributed by atoms with Crippen molar-refractivity contribution in [1.29, 1.82) is 0 Å². The van der Waals surface area contributed by atoms with Gasteiger partial charge in [0.05, 0.1) is 5.69 Å². The van der Waals surface area contributed by atoms with E-state index < -0.39 is 0 Å². The smallest absolute Gasteiger partial charge is 0.200 e. The summed E-state index contributed by atoms with van der Waals surface area (Å²) in [7, 11) is 0. The van der Waals surface area contributed by atoms with E-state index in [1.807, 2.05) is 26.2 Å². The first-order valence-electron chi connectivity index (χ1n) is 5.23. The number of hydrogen-bond donors (Lipinski definition) is 0. The summed E-state index contributed by atoms with van der Waals surface area (Å²) in [5.74, 6) is 0.785. The second-order valence-electron chi connectivity index (χ2n) is 3.74. The topological polar surface area (TPSA) is 86.7 Å². The molecule has 3 aromatic rings. The second kappa shape index (κ2) is 4.02. The van der Waals surface area contributed by atoms with Crippen LogP contribution in [0, 0.1) is 13.8 Å². The van der Waals surface area contributed by atoms with E-state index in [0.29, 0.717) is 16.9 Å². The molecule has 0 aromatic carbocycles. The SMILES string of the molecule is CSc1nnc2nnc(-n3nc(C)cc3C)nn12. The van der Waals surface area contributed by atoms with E-state index in [1.165, 1.54) is 11.8 Å². The van der Waals surface area contributed by atoms with Crippen LogP contribution in [0.1, 0.15) is 11.4 Å². The molecule has 9 heteroatoms. The van der Waals surface area contributed by atoms with Crippen LogP contribution < -0.4 is 0 Å². The minimum absolute atomic E-state index is 0.379. The van der Waals surface area contributed by atoms with Gasteiger partial charge < -0.3 is 0 Å². The Morgan fingerprint density at radius 2 is 1.83 bits per heavy atom. The van der Waals surface area contributed by atoms with Crippen LogP contribution >= 0.6 is 11.8 Å². The van der Waals surface area contributed by atoms with Crippen LogP contribution in [-0.2, 0) is 0 Å². The van der Waals surface area contributed by atoms with Gasteiger partial charge in [-0.2, -0.15) is 9.61 Å². The quantitative estimate of drug-likeness (QED) is 0.619. The minimum Gasteiger partial charge on any atom is -0.200 e. The molecular weight excluding hydrogens is 252 g/mol. The highest BCUT2D eigenvalue weighted by atomic mass is 32.2. The molecule has 92 valence electrons. The summed E-state index contributed by atoms with van der Waals surface area (Å²) in [6.07, 6.45) is 1.90. The summed E-state index contributed by atoms with van der Waals surface area (Å²) in [4.78, 5) is 0. The lowest BCUT2D eigenvalue weighted by Gasteiger charge is -2.01. The van der Waals surface area contributed by atoms with E-state index in [9.17, 15) is 0 Å². The molecule has 0 saturated heterocycles. The van der Waals surface area contributed by atoms with Crippen LogP contribution in [0.15, 0.2) is 11.2 Å². The molecule has 3 heterocycles. The number of aryl methyl sites for hydroxylation is 2. The summed E-state index contributed by atoms with van der Waals surface area (Å²) in [6.45, 7) is 3.86. The molecule has 0 atom stereocenters. The maximum Gasteiger partial charge on any atom is 0.291 e. The maximum absolute atomic E-state index is 4.35. The van der Waals surface area contributed by atoms with E-state index in [0.717, 1.165) is 11.4 Å². The predicted octanol–water partition coefficient (Wildman–Crippen LogP) is 0.439. The first-order chi connectivity index (χ1) is 8.69. The normalized spacial score (nSPS) is 11.3. The molecule has 0 N–H and O–H groups in total. The summed E-state index contributed by atoms with van der Waals surface area (Å²) in [6, 6.07) is 1.95. The van der Waals surface area contributed by atoms with Gasteiger partial charge in [-0.1, -0.05) is 11.8 Å². The van der Waals surface area contributed by atoms with E-state index in [-0.39, 0.29) is 0 Å². The molecule has 0 aliphatic carbocycles. The first-order valence-corrected chi connectivity index (χ1v) is 6.45. The number of aromatic nitrogens is 8. The van der Waals surface area contributed by atoms with Crippen molar-refractivity contribution >= 4 is 17.5 Å². The van der Waals surface area contributed by atoms with Gasteiger partial charge in [-0.25, -0.2) is 4.68 Å². The Hall–Kier alpha value is -2.03. The third-order valence-electron chi connectivity index (χ3n) is 2.40. The summed E-state index contributed by atoms with van der Waals surface area (Å²) < 4.78 is 3.20. The molecule has 3 rings (SSSR count). The zero-order valence-electron chi connectivity index (χ0n) is 10.1. The Bertz CT molecular complexity index is 715. The van der Waals surface area contributed by atoms with Gasteiger partial charge in [0.2, 0.25) is 5.16 Å². The molecular formula is C9H10N8S. The van der Waals surface area contributed by atoms with Crippen molar-refractivity contribution in [2.45, 2.75) is 19.0 Å². The lowest BCUT2D eigenvalue weighted by molar-refractivity contribution is 0.677. The van der Waals surface area contributed by atoms with Crippen LogP contribution in [0.25, 0.3) is 11.7 Å². The van der Waals surface area contributed by atoms with Gasteiger partial charge in [-0.3, -0.25) is 0 Å². The van der Waals surface area contributed by atoms with Crippen LogP contribution in [0.5, 0.6) is 0 Å². The highest BCUT2D eigenvalue weighted by molar-refractivity contribution is 7.98. The Morgan fingerprint density at radius 3 is 2.50 bits per heavy atom. The van der Waals surface area contributed by atoms with Crippen molar-refractivity contribution in [2.75, 3.05) is 6.26 Å². The zero-order valence-corrected chi connectivity index (χ0v) is 10.9. The Balaban J connectivity index is 2.20. The fraction of sp³-hybridized carbons (Fsp3) is 0.333. The summed E-state index contributed by atoms with van der Waals surface area (Å²) >= 11 is 1.45. The Morgan fingerprint density at radius 1 is 1.06 bits per heavy atom. The number of hydrogen-bond acceptors (Lipinski definition) is 7. The van der Waals surface area contributed by atoms with Gasteiger partial charge in [0.15, 0.2) is 0 Å². The monoisotopic (exact) mass is 262 g/mol. The molecule has 8 nitrogen and oxygen atoms in total. The van der Waals surface area contributed by atoms with Crippen molar-refractivity contribution in [3.8, 4) is 5.95 Å². The molecule has 0 fully saturated rings. The van der Waals surface area contributed by atoms with Crippen molar-refractivity contribution in [1.82, 2.24) is 39.8 Å². The van der Waals surface area contributed by atoms with Crippen LogP contribution in [0.4, 0.5) is 0 Å². The number of rotatable bonds is 2. The lowest BCUT2D eigenvalue weighted by atomic mass is 10.4. The third kappa shape index (κ3) is 1.63. The Kier molecular flexibility index (Phi) is 2.47. The van der Waals surface area contributed by atoms with Crippen LogP contribution in [-0.4, -0.2) is 46.0 Å². The molecule has 0 radical (unpaired) electrons. The first kappa shape index (κ1) is 11.1. The average Bonchev–Trinajstić information content (AvgIpc) is 2.91. The lowest BCUT2D eigenvalue weighted by Crippen LogP contribution is -2.10. The van der Waals surface area contributed by atoms with Gasteiger partial charge in [0, 0.05) is 5.69 Å². The molecule has 0 spiro atoms. The number of fused-ring (bicyclic) bond motifs is 1. The fourth-order valence-corrected chi connectivity index (χ4v) is 2.07. The molecule has 3 aromatic heterocycles. The zero-order chi connectivity index (χ0) is 12.7. The third-order valence-corrected chi connectivity index (χ3v) is 3.02. The summed E-state index contributed by atoms with van der Waals surface area (Å²) in [5.41, 5.74) is 1.86. The van der Waals surface area contributed by atoms with Crippen molar-refractivity contribution in [3.05, 3.63) is 17.5 Å². The number of nitrogens with zero attached hydrogens (tertiary/aromatic N) is 8. The van der Waals surface area contributed by atoms with Gasteiger partial charge >= 0.3 is 0 Å². The molecule has 0 bridgehead atoms. The van der Waals surface area contributed by atoms with Crippen molar-refractivity contribution < 1.29 is 0 Å². The number of thioether (sulfide) groups is 1. The van der Waals surface area contributed by atoms with E-state index >= 15 is 0 Å². The fourth-order valence-electron chi connectivity index (χ4n) is 1.65. The maximum atomic E-state index is 4.35. The molecule has 0 amide bonds. The van der Waals surface area contributed by atoms with E-state index in [1.54, 1.807) is 9.20 Å². The van der Waals surface area contributed by atoms with Crippen LogP contribution in [0.2, 0.25) is 0 Å². The standard InChI is InChI=1S/C9H10N8S/c1-5-4-6(2)16(14-5)8-12-10-7-11-13-9(18-3)17(7)15-8/h4H,1-3H3. The van der Waals surface area contributed by atoms with E-state index in [4.69, 9.17) is 0 Å². The predicted molar refractivity (Wildman–Crippen MR) is 64.7 cm³/mol. The van der Waals surface area contributed by atoms with Gasteiger partial charge in [-0.05, 0) is 26.2 Å². The minimum atomic E-state index is 0.379. The molecule has 18 heavy (non-hydrogen) atoms. The second-order valence-corrected chi connectivity index (χ2v) is 4.51. The molecule has 0 unspecified atom stereocenters. The largest absolute Gasteiger partial charge is 0.291 e. The molecule has 0 aliphatic heterocycles. The van der Waals surface area contributed by atoms with Crippen LogP contribution in [0.3, 0.4) is 0 Å². The van der Waals surface area contributed by atoms with E-state index in [2.05, 4.69) is 30.6 Å². The average molecular weight is 262 g/mol. The van der Waals surface area contributed by atoms with Gasteiger partial charge in [0.1, 0.15) is 0 Å². The van der Waals surface area contributed by atoms with Crippen molar-refractivity contribution in [3.63, 3.8) is 0 Å². The van der Waals surface area contributed by atoms with Gasteiger partial charge in [0.25, 0.3) is 11.7 Å². The molecule has 0 saturated carbocycles.